The van der Waals surface area contributed by atoms with Crippen LogP contribution in [-0.4, -0.2) is 77.0 Å². The Morgan fingerprint density at radius 1 is 0.935 bits per heavy atom. The third-order valence-corrected chi connectivity index (χ3v) is 7.09. The summed E-state index contributed by atoms with van der Waals surface area (Å²) >= 11 is 0. The lowest BCUT2D eigenvalue weighted by Crippen LogP contribution is -2.44. The van der Waals surface area contributed by atoms with Crippen molar-refractivity contribution in [2.45, 2.75) is 12.5 Å². The molecule has 1 saturated heterocycles. The summed E-state index contributed by atoms with van der Waals surface area (Å²) in [5.74, 6) is 0. The highest BCUT2D eigenvalue weighted by molar-refractivity contribution is 7.88. The average molecular weight is 442 g/mol. The molecule has 2 aliphatic rings. The van der Waals surface area contributed by atoms with E-state index in [0.717, 1.165) is 48.7 Å². The van der Waals surface area contributed by atoms with Crippen LogP contribution in [0.5, 0.6) is 0 Å². The van der Waals surface area contributed by atoms with E-state index in [1.807, 2.05) is 43.3 Å². The van der Waals surface area contributed by atoms with E-state index in [1.165, 1.54) is 16.4 Å². The minimum atomic E-state index is -3.48. The molecule has 31 heavy (non-hydrogen) atoms. The Morgan fingerprint density at radius 3 is 2.10 bits per heavy atom. The normalized spacial score (nSPS) is 20.1. The summed E-state index contributed by atoms with van der Waals surface area (Å²) in [6.07, 6.45) is 1.78. The van der Waals surface area contributed by atoms with Gasteiger partial charge in [-0.2, -0.15) is 9.52 Å². The van der Waals surface area contributed by atoms with Crippen molar-refractivity contribution in [3.63, 3.8) is 0 Å². The summed E-state index contributed by atoms with van der Waals surface area (Å²) in [4.78, 5) is 6.75. The standard InChI is InChI=1S/C23H31N5O2S/c1-25(2)20-9-7-19(8-10-20)23-17-22(24-28(23)31(4,29)30)18-5-11-21(12-6-18)27-15-13-26(3)14-16-27/h5-12,23H,13-17H2,1-4H3. The van der Waals surface area contributed by atoms with E-state index in [1.54, 1.807) is 0 Å². The zero-order chi connectivity index (χ0) is 22.2. The molecule has 0 radical (unpaired) electrons. The van der Waals surface area contributed by atoms with Crippen molar-refractivity contribution in [1.82, 2.24) is 9.31 Å². The van der Waals surface area contributed by atoms with Crippen LogP contribution in [0.1, 0.15) is 23.6 Å². The number of rotatable bonds is 5. The second kappa shape index (κ2) is 8.51. The zero-order valence-corrected chi connectivity index (χ0v) is 19.5. The molecule has 8 heteroatoms. The van der Waals surface area contributed by atoms with Crippen LogP contribution in [0, 0.1) is 0 Å². The minimum Gasteiger partial charge on any atom is -0.378 e. The lowest BCUT2D eigenvalue weighted by atomic mass is 9.98. The van der Waals surface area contributed by atoms with E-state index in [4.69, 9.17) is 0 Å². The highest BCUT2D eigenvalue weighted by Crippen LogP contribution is 2.35. The topological polar surface area (TPSA) is 59.5 Å². The number of hydrogen-bond acceptors (Lipinski definition) is 6. The van der Waals surface area contributed by atoms with Crippen molar-refractivity contribution in [3.05, 3.63) is 59.7 Å². The first-order valence-electron chi connectivity index (χ1n) is 10.6. The lowest BCUT2D eigenvalue weighted by Gasteiger charge is -2.34. The van der Waals surface area contributed by atoms with E-state index in [9.17, 15) is 8.42 Å². The number of nitrogens with zero attached hydrogens (tertiary/aromatic N) is 5. The second-order valence-corrected chi connectivity index (χ2v) is 10.5. The number of sulfonamides is 1. The van der Waals surface area contributed by atoms with Gasteiger partial charge in [0.1, 0.15) is 0 Å². The Morgan fingerprint density at radius 2 is 1.55 bits per heavy atom. The van der Waals surface area contributed by atoms with Crippen molar-refractivity contribution in [1.29, 1.82) is 0 Å². The molecule has 7 nitrogen and oxygen atoms in total. The molecular weight excluding hydrogens is 410 g/mol. The Kier molecular flexibility index (Phi) is 5.94. The van der Waals surface area contributed by atoms with Crippen LogP contribution in [0.25, 0.3) is 0 Å². The summed E-state index contributed by atoms with van der Waals surface area (Å²) in [6.45, 7) is 4.16. The van der Waals surface area contributed by atoms with Gasteiger partial charge in [0.2, 0.25) is 10.0 Å². The van der Waals surface area contributed by atoms with E-state index in [0.29, 0.717) is 6.42 Å². The molecule has 0 aliphatic carbocycles. The van der Waals surface area contributed by atoms with Crippen LogP contribution in [0.3, 0.4) is 0 Å². The summed E-state index contributed by atoms with van der Waals surface area (Å²) < 4.78 is 26.2. The predicted molar refractivity (Wildman–Crippen MR) is 127 cm³/mol. The van der Waals surface area contributed by atoms with Crippen molar-refractivity contribution < 1.29 is 8.42 Å². The Hall–Kier alpha value is -2.58. The van der Waals surface area contributed by atoms with E-state index in [-0.39, 0.29) is 6.04 Å². The van der Waals surface area contributed by atoms with Crippen LogP contribution in [0.4, 0.5) is 11.4 Å². The molecule has 0 spiro atoms. The highest BCUT2D eigenvalue weighted by Gasteiger charge is 2.34. The Labute approximate surface area is 185 Å². The quantitative estimate of drug-likeness (QED) is 0.714. The van der Waals surface area contributed by atoms with Crippen molar-refractivity contribution >= 4 is 27.1 Å². The fourth-order valence-electron chi connectivity index (χ4n) is 4.14. The number of hydrazone groups is 1. The fraction of sp³-hybridized carbons (Fsp3) is 0.435. The molecule has 166 valence electrons. The van der Waals surface area contributed by atoms with Gasteiger partial charge in [0.15, 0.2) is 0 Å². The van der Waals surface area contributed by atoms with E-state index >= 15 is 0 Å². The van der Waals surface area contributed by atoms with Gasteiger partial charge >= 0.3 is 0 Å². The van der Waals surface area contributed by atoms with Crippen LogP contribution < -0.4 is 9.80 Å². The van der Waals surface area contributed by atoms with Gasteiger partial charge in [-0.1, -0.05) is 24.3 Å². The minimum absolute atomic E-state index is 0.321. The maximum Gasteiger partial charge on any atom is 0.247 e. The molecule has 2 aliphatic heterocycles. The van der Waals surface area contributed by atoms with Gasteiger partial charge in [-0.3, -0.25) is 0 Å². The van der Waals surface area contributed by atoms with Crippen LogP contribution in [-0.2, 0) is 10.0 Å². The van der Waals surface area contributed by atoms with Crippen LogP contribution >= 0.6 is 0 Å². The van der Waals surface area contributed by atoms with Crippen LogP contribution in [0.15, 0.2) is 53.6 Å². The number of likely N-dealkylation sites (N-methyl/N-ethyl adjacent to an activating group) is 1. The van der Waals surface area contributed by atoms with Crippen LogP contribution in [0.2, 0.25) is 0 Å². The fourth-order valence-corrected chi connectivity index (χ4v) is 5.05. The molecule has 0 saturated carbocycles. The average Bonchev–Trinajstić information content (AvgIpc) is 3.21. The maximum atomic E-state index is 12.5. The number of benzene rings is 2. The van der Waals surface area contributed by atoms with Gasteiger partial charge in [0.25, 0.3) is 0 Å². The lowest BCUT2D eigenvalue weighted by molar-refractivity contribution is 0.313. The molecule has 2 aromatic rings. The molecule has 0 aromatic heterocycles. The third-order valence-electron chi connectivity index (χ3n) is 6.08. The summed E-state index contributed by atoms with van der Waals surface area (Å²) in [5, 5.41) is 4.53. The molecule has 2 aromatic carbocycles. The molecule has 0 amide bonds. The maximum absolute atomic E-state index is 12.5. The van der Waals surface area contributed by atoms with E-state index < -0.39 is 10.0 Å². The van der Waals surface area contributed by atoms with Gasteiger partial charge in [-0.05, 0) is 42.4 Å². The van der Waals surface area contributed by atoms with Gasteiger partial charge in [-0.25, -0.2) is 8.42 Å². The Bertz CT molecular complexity index is 1040. The predicted octanol–water partition coefficient (Wildman–Crippen LogP) is 2.62. The first-order chi connectivity index (χ1) is 14.7. The smallest absolute Gasteiger partial charge is 0.247 e. The van der Waals surface area contributed by atoms with Crippen molar-refractivity contribution in [2.24, 2.45) is 5.10 Å². The summed E-state index contributed by atoms with van der Waals surface area (Å²) in [5.41, 5.74) is 5.00. The second-order valence-electron chi connectivity index (χ2n) is 8.63. The summed E-state index contributed by atoms with van der Waals surface area (Å²) in [7, 11) is 2.65. The molecule has 1 atom stereocenters. The summed E-state index contributed by atoms with van der Waals surface area (Å²) in [6, 6.07) is 16.0. The van der Waals surface area contributed by atoms with Crippen molar-refractivity contribution in [2.75, 3.05) is 63.4 Å². The number of anilines is 2. The third kappa shape index (κ3) is 4.70. The SMILES string of the molecule is CN1CCN(c2ccc(C3=NN(S(C)(=O)=O)C(c4ccc(N(C)C)cc4)C3)cc2)CC1. The highest BCUT2D eigenvalue weighted by atomic mass is 32.2. The zero-order valence-electron chi connectivity index (χ0n) is 18.7. The molecular formula is C23H31N5O2S. The molecule has 1 unspecified atom stereocenters. The molecule has 2 heterocycles. The molecule has 1 fully saturated rings. The van der Waals surface area contributed by atoms with Gasteiger partial charge in [-0.15, -0.1) is 0 Å². The number of hydrogen-bond donors (Lipinski definition) is 0. The number of piperazine rings is 1. The molecule has 0 N–H and O–H groups in total. The van der Waals surface area contributed by atoms with Gasteiger partial charge < -0.3 is 14.7 Å². The first kappa shape index (κ1) is 21.6. The largest absolute Gasteiger partial charge is 0.378 e. The monoisotopic (exact) mass is 441 g/mol. The van der Waals surface area contributed by atoms with Crippen molar-refractivity contribution in [3.8, 4) is 0 Å². The molecule has 4 rings (SSSR count). The molecule has 0 bridgehead atoms. The van der Waals surface area contributed by atoms with Gasteiger partial charge in [0, 0.05) is 58.1 Å². The van der Waals surface area contributed by atoms with Gasteiger partial charge in [0.05, 0.1) is 18.0 Å². The van der Waals surface area contributed by atoms with E-state index in [2.05, 4.69) is 46.2 Å². The first-order valence-corrected chi connectivity index (χ1v) is 12.5. The Balaban J connectivity index is 1.56.